The number of carbonyl (C=O) groups excluding carboxylic acids is 1. The lowest BCUT2D eigenvalue weighted by atomic mass is 9.75. The van der Waals surface area contributed by atoms with Crippen LogP contribution in [0.2, 0.25) is 0 Å². The Morgan fingerprint density at radius 2 is 1.81 bits per heavy atom. The van der Waals surface area contributed by atoms with E-state index in [0.29, 0.717) is 12.3 Å². The predicted molar refractivity (Wildman–Crippen MR) is 75.1 cm³/mol. The van der Waals surface area contributed by atoms with Crippen molar-refractivity contribution in [2.24, 2.45) is 17.8 Å². The van der Waals surface area contributed by atoms with Crippen molar-refractivity contribution in [3.05, 3.63) is 0 Å². The summed E-state index contributed by atoms with van der Waals surface area (Å²) in [5.74, 6) is -1.20. The number of aliphatic carboxylic acids is 1. The minimum Gasteiger partial charge on any atom is -0.480 e. The molecule has 1 rings (SSSR count). The molecule has 0 spiro atoms. The van der Waals surface area contributed by atoms with Crippen molar-refractivity contribution in [3.63, 3.8) is 0 Å². The smallest absolute Gasteiger partial charge is 0.326 e. The molecule has 6 heteroatoms. The molecule has 0 heterocycles. The van der Waals surface area contributed by atoms with Crippen LogP contribution in [-0.4, -0.2) is 29.5 Å². The van der Waals surface area contributed by atoms with Gasteiger partial charge in [-0.1, -0.05) is 26.7 Å². The van der Waals surface area contributed by atoms with E-state index in [-0.39, 0.29) is 11.8 Å². The summed E-state index contributed by atoms with van der Waals surface area (Å²) >= 11 is 0. The van der Waals surface area contributed by atoms with Gasteiger partial charge in [-0.3, -0.25) is 4.79 Å². The van der Waals surface area contributed by atoms with Crippen LogP contribution in [0.25, 0.3) is 0 Å². The number of amides is 1. The van der Waals surface area contributed by atoms with Gasteiger partial charge in [0.25, 0.3) is 0 Å². The van der Waals surface area contributed by atoms with E-state index >= 15 is 0 Å². The lowest BCUT2D eigenvalue weighted by Crippen LogP contribution is -2.46. The summed E-state index contributed by atoms with van der Waals surface area (Å²) in [5.41, 5.74) is 0. The second kappa shape index (κ2) is 8.29. The normalized spacial score (nSPS) is 25.4. The van der Waals surface area contributed by atoms with E-state index in [0.717, 1.165) is 25.7 Å². The predicted octanol–water partition coefficient (Wildman–Crippen LogP) is 3.06. The highest BCUT2D eigenvalue weighted by atomic mass is 19.3. The van der Waals surface area contributed by atoms with Gasteiger partial charge in [0, 0.05) is 12.3 Å². The van der Waals surface area contributed by atoms with Crippen molar-refractivity contribution >= 4 is 11.9 Å². The van der Waals surface area contributed by atoms with E-state index in [9.17, 15) is 18.4 Å². The maximum atomic E-state index is 12.4. The number of rotatable bonds is 7. The fourth-order valence-corrected chi connectivity index (χ4v) is 3.10. The first-order valence-electron chi connectivity index (χ1n) is 7.66. The molecule has 2 atom stereocenters. The quantitative estimate of drug-likeness (QED) is 0.759. The van der Waals surface area contributed by atoms with Crippen LogP contribution in [0, 0.1) is 17.8 Å². The van der Waals surface area contributed by atoms with Gasteiger partial charge in [-0.2, -0.15) is 0 Å². The van der Waals surface area contributed by atoms with Gasteiger partial charge in [-0.15, -0.1) is 0 Å². The third-order valence-electron chi connectivity index (χ3n) is 4.43. The topological polar surface area (TPSA) is 66.4 Å². The monoisotopic (exact) mass is 305 g/mol. The van der Waals surface area contributed by atoms with Gasteiger partial charge in [0.15, 0.2) is 0 Å². The van der Waals surface area contributed by atoms with Crippen LogP contribution in [-0.2, 0) is 9.59 Å². The molecule has 2 N–H and O–H groups in total. The van der Waals surface area contributed by atoms with Crippen molar-refractivity contribution in [1.29, 1.82) is 0 Å². The number of nitrogens with one attached hydrogen (secondary N) is 1. The molecule has 0 aromatic heterocycles. The third kappa shape index (κ3) is 5.59. The largest absolute Gasteiger partial charge is 0.480 e. The first-order chi connectivity index (χ1) is 9.85. The Morgan fingerprint density at radius 3 is 2.24 bits per heavy atom. The maximum Gasteiger partial charge on any atom is 0.326 e. The number of halogens is 2. The van der Waals surface area contributed by atoms with Crippen LogP contribution in [0.3, 0.4) is 0 Å². The second-order valence-electron chi connectivity index (χ2n) is 6.06. The van der Waals surface area contributed by atoms with Crippen LogP contribution in [0.5, 0.6) is 0 Å². The second-order valence-corrected chi connectivity index (χ2v) is 6.06. The van der Waals surface area contributed by atoms with Crippen molar-refractivity contribution < 1.29 is 23.5 Å². The van der Waals surface area contributed by atoms with Crippen LogP contribution < -0.4 is 5.32 Å². The molecular formula is C15H25F2NO3. The average molecular weight is 305 g/mol. The van der Waals surface area contributed by atoms with Crippen molar-refractivity contribution in [1.82, 2.24) is 5.32 Å². The summed E-state index contributed by atoms with van der Waals surface area (Å²) in [6, 6.07) is -1.51. The fourth-order valence-electron chi connectivity index (χ4n) is 3.10. The lowest BCUT2D eigenvalue weighted by Gasteiger charge is -2.32. The molecule has 122 valence electrons. The average Bonchev–Trinajstić information content (AvgIpc) is 2.40. The third-order valence-corrected chi connectivity index (χ3v) is 4.43. The van der Waals surface area contributed by atoms with Gasteiger partial charge in [0.1, 0.15) is 6.04 Å². The number of hydrogen-bond donors (Lipinski definition) is 2. The molecule has 0 aromatic carbocycles. The van der Waals surface area contributed by atoms with E-state index in [4.69, 9.17) is 5.11 Å². The molecule has 1 aliphatic carbocycles. The summed E-state index contributed by atoms with van der Waals surface area (Å²) in [7, 11) is 0. The van der Waals surface area contributed by atoms with Crippen LogP contribution in [0.15, 0.2) is 0 Å². The number of hydrogen-bond acceptors (Lipinski definition) is 2. The molecule has 1 saturated carbocycles. The minimum atomic E-state index is -2.75. The molecule has 21 heavy (non-hydrogen) atoms. The molecule has 1 amide bonds. The molecule has 2 unspecified atom stereocenters. The summed E-state index contributed by atoms with van der Waals surface area (Å²) in [4.78, 5) is 23.2. The molecule has 4 nitrogen and oxygen atoms in total. The Hall–Kier alpha value is -1.20. The molecule has 0 radical (unpaired) electrons. The van der Waals surface area contributed by atoms with Crippen LogP contribution in [0.4, 0.5) is 8.78 Å². The van der Waals surface area contributed by atoms with Gasteiger partial charge in [0.2, 0.25) is 12.3 Å². The van der Waals surface area contributed by atoms with Crippen molar-refractivity contribution in [2.75, 3.05) is 0 Å². The van der Waals surface area contributed by atoms with Crippen LogP contribution >= 0.6 is 0 Å². The Morgan fingerprint density at radius 1 is 1.24 bits per heavy atom. The lowest BCUT2D eigenvalue weighted by molar-refractivity contribution is -0.144. The number of carboxylic acids is 1. The maximum absolute atomic E-state index is 12.4. The minimum absolute atomic E-state index is 0.229. The highest BCUT2D eigenvalue weighted by Crippen LogP contribution is 2.34. The Balaban J connectivity index is 2.62. The zero-order valence-corrected chi connectivity index (χ0v) is 12.6. The molecule has 0 aliphatic heterocycles. The zero-order chi connectivity index (χ0) is 16.0. The van der Waals surface area contributed by atoms with Gasteiger partial charge in [0.05, 0.1) is 0 Å². The fraction of sp³-hybridized carbons (Fsp3) is 0.867. The summed E-state index contributed by atoms with van der Waals surface area (Å²) < 4.78 is 24.7. The highest BCUT2D eigenvalue weighted by molar-refractivity contribution is 5.85. The van der Waals surface area contributed by atoms with E-state index in [2.05, 4.69) is 12.2 Å². The summed E-state index contributed by atoms with van der Waals surface area (Å²) in [6.45, 7) is 4.06. The SMILES string of the molecule is CCC(C(=O)NC(CC(F)F)C(=O)O)C1CCC(C)CC1. The first kappa shape index (κ1) is 17.9. The standard InChI is InChI=1S/C15H25F2NO3/c1-3-11(10-6-4-9(2)5-7-10)14(19)18-12(15(20)21)8-13(16)17/h9-13H,3-8H2,1-2H3,(H,18,19)(H,20,21). The molecule has 1 aliphatic rings. The van der Waals surface area contributed by atoms with Crippen LogP contribution in [0.1, 0.15) is 52.4 Å². The number of alkyl halides is 2. The molecule has 0 bridgehead atoms. The van der Waals surface area contributed by atoms with E-state index in [1.165, 1.54) is 0 Å². The van der Waals surface area contributed by atoms with Gasteiger partial charge in [-0.25, -0.2) is 13.6 Å². The van der Waals surface area contributed by atoms with E-state index in [1.54, 1.807) is 0 Å². The van der Waals surface area contributed by atoms with Gasteiger partial charge in [-0.05, 0) is 31.1 Å². The van der Waals surface area contributed by atoms with Crippen molar-refractivity contribution in [3.8, 4) is 0 Å². The summed E-state index contributed by atoms with van der Waals surface area (Å²) in [6.07, 6.45) is 1.02. The van der Waals surface area contributed by atoms with E-state index in [1.807, 2.05) is 6.92 Å². The zero-order valence-electron chi connectivity index (χ0n) is 12.6. The number of carbonyl (C=O) groups is 2. The highest BCUT2D eigenvalue weighted by Gasteiger charge is 2.32. The Labute approximate surface area is 124 Å². The first-order valence-corrected chi connectivity index (χ1v) is 7.66. The molecule has 1 fully saturated rings. The summed E-state index contributed by atoms with van der Waals surface area (Å²) in [5, 5.41) is 11.2. The molecule has 0 aromatic rings. The number of carboxylic acid groups (broad SMARTS) is 1. The Kier molecular flexibility index (Phi) is 7.05. The van der Waals surface area contributed by atoms with Gasteiger partial charge >= 0.3 is 5.97 Å². The van der Waals surface area contributed by atoms with Crippen molar-refractivity contribution in [2.45, 2.75) is 64.8 Å². The van der Waals surface area contributed by atoms with Gasteiger partial charge < -0.3 is 10.4 Å². The van der Waals surface area contributed by atoms with E-state index < -0.39 is 30.8 Å². The Bertz CT molecular complexity index is 355. The molecule has 0 saturated heterocycles. The molecular weight excluding hydrogens is 280 g/mol.